The first kappa shape index (κ1) is 25.6. The van der Waals surface area contributed by atoms with E-state index < -0.39 is 0 Å². The first-order valence-corrected chi connectivity index (χ1v) is 13.3. The summed E-state index contributed by atoms with van der Waals surface area (Å²) in [5.41, 5.74) is 2.09. The van der Waals surface area contributed by atoms with E-state index in [9.17, 15) is 4.79 Å². The second-order valence-electron chi connectivity index (χ2n) is 7.70. The monoisotopic (exact) mass is 661 g/mol. The van der Waals surface area contributed by atoms with Crippen LogP contribution in [0.5, 0.6) is 11.5 Å². The summed E-state index contributed by atoms with van der Waals surface area (Å²) in [6, 6.07) is 16.9. The topological polar surface area (TPSA) is 65.7 Å². The van der Waals surface area contributed by atoms with Gasteiger partial charge in [-0.15, -0.1) is 0 Å². The number of ether oxygens (including phenoxy) is 2. The van der Waals surface area contributed by atoms with Gasteiger partial charge in [0.25, 0.3) is 5.56 Å². The second kappa shape index (κ2) is 11.5. The summed E-state index contributed by atoms with van der Waals surface area (Å²) >= 11 is 10.5. The summed E-state index contributed by atoms with van der Waals surface area (Å²) in [6.45, 7) is 2.36. The van der Waals surface area contributed by atoms with Crippen LogP contribution in [-0.4, -0.2) is 23.0 Å². The molecule has 0 amide bonds. The minimum absolute atomic E-state index is 0.222. The molecule has 9 heteroatoms. The maximum absolute atomic E-state index is 13.3. The van der Waals surface area contributed by atoms with Crippen molar-refractivity contribution < 1.29 is 9.47 Å². The van der Waals surface area contributed by atoms with Crippen molar-refractivity contribution in [2.45, 2.75) is 26.4 Å². The van der Waals surface area contributed by atoms with Crippen LogP contribution in [0.3, 0.4) is 0 Å². The van der Waals surface area contributed by atoms with Crippen LogP contribution in [0.4, 0.5) is 0 Å². The Hall–Kier alpha value is -2.49. The van der Waals surface area contributed by atoms with Crippen LogP contribution >= 0.6 is 47.8 Å². The van der Waals surface area contributed by atoms with E-state index in [0.29, 0.717) is 46.8 Å². The Morgan fingerprint density at radius 2 is 1.83 bits per heavy atom. The molecule has 0 bridgehead atoms. The Morgan fingerprint density at radius 1 is 1.06 bits per heavy atom. The summed E-state index contributed by atoms with van der Waals surface area (Å²) < 4.78 is 15.8. The van der Waals surface area contributed by atoms with Crippen molar-refractivity contribution in [2.75, 3.05) is 7.11 Å². The van der Waals surface area contributed by atoms with Crippen molar-refractivity contribution in [1.82, 2.24) is 9.66 Å². The van der Waals surface area contributed by atoms with Gasteiger partial charge in [-0.1, -0.05) is 66.8 Å². The highest BCUT2D eigenvalue weighted by molar-refractivity contribution is 9.11. The normalized spacial score (nSPS) is 11.3. The number of hydrogen-bond acceptors (Lipinski definition) is 5. The van der Waals surface area contributed by atoms with Crippen LogP contribution < -0.4 is 15.0 Å². The molecule has 0 N–H and O–H groups in total. The fourth-order valence-corrected chi connectivity index (χ4v) is 5.08. The Labute approximate surface area is 228 Å². The van der Waals surface area contributed by atoms with E-state index in [2.05, 4.69) is 52.9 Å². The molecule has 0 aliphatic carbocycles. The summed E-state index contributed by atoms with van der Waals surface area (Å²) in [5, 5.41) is 5.04. The maximum Gasteiger partial charge on any atom is 0.282 e. The minimum Gasteiger partial charge on any atom is -0.493 e. The molecule has 0 atom stereocenters. The van der Waals surface area contributed by atoms with E-state index in [1.807, 2.05) is 55.5 Å². The molecular formula is C26H22Br3N3O3. The quantitative estimate of drug-likeness (QED) is 0.189. The minimum atomic E-state index is -0.222. The summed E-state index contributed by atoms with van der Waals surface area (Å²) in [6.07, 6.45) is 3.07. The lowest BCUT2D eigenvalue weighted by Gasteiger charge is -2.14. The molecule has 4 aromatic rings. The van der Waals surface area contributed by atoms with Gasteiger partial charge in [-0.2, -0.15) is 9.78 Å². The summed E-state index contributed by atoms with van der Waals surface area (Å²) in [7, 11) is 1.59. The first-order valence-electron chi connectivity index (χ1n) is 10.9. The predicted octanol–water partition coefficient (Wildman–Crippen LogP) is 7.11. The van der Waals surface area contributed by atoms with Crippen molar-refractivity contribution in [2.24, 2.45) is 5.10 Å². The first-order chi connectivity index (χ1) is 16.9. The fraction of sp³-hybridized carbons (Fsp3) is 0.192. The number of methoxy groups -OCH3 is 1. The number of rotatable bonds is 8. The van der Waals surface area contributed by atoms with Crippen molar-refractivity contribution in [3.05, 3.63) is 95.3 Å². The molecule has 180 valence electrons. The molecule has 0 aliphatic heterocycles. The molecule has 1 aromatic heterocycles. The molecule has 0 radical (unpaired) electrons. The molecule has 0 spiro atoms. The molecule has 35 heavy (non-hydrogen) atoms. The standard InChI is InChI=1S/C26H22Br3N3O3/c1-3-5-24-31-22-11-10-18(27)12-20(22)26(33)32(24)30-14-16-6-4-7-23(34-2)25(16)35-15-17-8-9-19(28)13-21(17)29/h4,6-14H,3,5,15H2,1-2H3. The van der Waals surface area contributed by atoms with Crippen LogP contribution in [0.15, 0.2) is 77.9 Å². The number of para-hydroxylation sites is 1. The lowest BCUT2D eigenvalue weighted by molar-refractivity contribution is 0.283. The van der Waals surface area contributed by atoms with Gasteiger partial charge in [0.05, 0.1) is 24.2 Å². The number of halogens is 3. The number of fused-ring (bicyclic) bond motifs is 1. The Kier molecular flexibility index (Phi) is 8.41. The van der Waals surface area contributed by atoms with Crippen LogP contribution in [0, 0.1) is 0 Å². The molecule has 0 aliphatic rings. The van der Waals surface area contributed by atoms with Crippen LogP contribution in [-0.2, 0) is 13.0 Å². The van der Waals surface area contributed by atoms with E-state index in [1.165, 1.54) is 4.68 Å². The van der Waals surface area contributed by atoms with Crippen LogP contribution in [0.2, 0.25) is 0 Å². The average molecular weight is 664 g/mol. The van der Waals surface area contributed by atoms with Gasteiger partial charge in [0.15, 0.2) is 11.5 Å². The Morgan fingerprint density at radius 3 is 2.57 bits per heavy atom. The van der Waals surface area contributed by atoms with E-state index in [4.69, 9.17) is 14.5 Å². The van der Waals surface area contributed by atoms with Gasteiger partial charge in [-0.3, -0.25) is 4.79 Å². The molecule has 0 fully saturated rings. The zero-order valence-corrected chi connectivity index (χ0v) is 23.9. The molecule has 6 nitrogen and oxygen atoms in total. The molecule has 3 aromatic carbocycles. The highest BCUT2D eigenvalue weighted by atomic mass is 79.9. The number of aromatic nitrogens is 2. The fourth-order valence-electron chi connectivity index (χ4n) is 3.56. The zero-order valence-electron chi connectivity index (χ0n) is 19.1. The maximum atomic E-state index is 13.3. The van der Waals surface area contributed by atoms with E-state index >= 15 is 0 Å². The summed E-state index contributed by atoms with van der Waals surface area (Å²) in [5.74, 6) is 1.71. The zero-order chi connectivity index (χ0) is 24.9. The third-order valence-electron chi connectivity index (χ3n) is 5.28. The summed E-state index contributed by atoms with van der Waals surface area (Å²) in [4.78, 5) is 18.0. The molecule has 0 unspecified atom stereocenters. The van der Waals surface area contributed by atoms with Crippen molar-refractivity contribution >= 4 is 64.9 Å². The molecule has 1 heterocycles. The Balaban J connectivity index is 1.74. The Bertz CT molecular complexity index is 1470. The smallest absolute Gasteiger partial charge is 0.282 e. The third-order valence-corrected chi connectivity index (χ3v) is 7.00. The number of hydrogen-bond donors (Lipinski definition) is 0. The number of aryl methyl sites for hydroxylation is 1. The predicted molar refractivity (Wildman–Crippen MR) is 150 cm³/mol. The highest BCUT2D eigenvalue weighted by Gasteiger charge is 2.13. The third kappa shape index (κ3) is 5.85. The van der Waals surface area contributed by atoms with Crippen molar-refractivity contribution in [3.63, 3.8) is 0 Å². The van der Waals surface area contributed by atoms with Crippen LogP contribution in [0.25, 0.3) is 10.9 Å². The molecule has 4 rings (SSSR count). The molecular weight excluding hydrogens is 642 g/mol. The van der Waals surface area contributed by atoms with Crippen molar-refractivity contribution in [1.29, 1.82) is 0 Å². The van der Waals surface area contributed by atoms with Crippen LogP contribution in [0.1, 0.15) is 30.3 Å². The van der Waals surface area contributed by atoms with Gasteiger partial charge in [0.2, 0.25) is 0 Å². The lowest BCUT2D eigenvalue weighted by atomic mass is 10.2. The van der Waals surface area contributed by atoms with Crippen molar-refractivity contribution in [3.8, 4) is 11.5 Å². The average Bonchev–Trinajstić information content (AvgIpc) is 2.84. The van der Waals surface area contributed by atoms with Gasteiger partial charge in [-0.05, 0) is 48.9 Å². The SMILES string of the molecule is CCCc1nc2ccc(Br)cc2c(=O)n1N=Cc1cccc(OC)c1OCc1ccc(Br)cc1Br. The van der Waals surface area contributed by atoms with Gasteiger partial charge in [-0.25, -0.2) is 4.98 Å². The highest BCUT2D eigenvalue weighted by Crippen LogP contribution is 2.32. The van der Waals surface area contributed by atoms with Gasteiger partial charge in [0, 0.05) is 31.0 Å². The van der Waals surface area contributed by atoms with E-state index in [-0.39, 0.29) is 5.56 Å². The second-order valence-corrected chi connectivity index (χ2v) is 10.4. The largest absolute Gasteiger partial charge is 0.493 e. The molecule has 0 saturated heterocycles. The number of nitrogens with zero attached hydrogens (tertiary/aromatic N) is 3. The van der Waals surface area contributed by atoms with E-state index in [1.54, 1.807) is 19.4 Å². The van der Waals surface area contributed by atoms with Gasteiger partial charge < -0.3 is 9.47 Å². The number of benzene rings is 3. The lowest BCUT2D eigenvalue weighted by Crippen LogP contribution is -2.22. The van der Waals surface area contributed by atoms with Gasteiger partial charge in [0.1, 0.15) is 12.4 Å². The van der Waals surface area contributed by atoms with E-state index in [0.717, 1.165) is 25.4 Å². The molecule has 0 saturated carbocycles. The van der Waals surface area contributed by atoms with Gasteiger partial charge >= 0.3 is 0 Å².